The van der Waals surface area contributed by atoms with E-state index in [4.69, 9.17) is 14.6 Å². The summed E-state index contributed by atoms with van der Waals surface area (Å²) in [4.78, 5) is 14.1. The highest BCUT2D eigenvalue weighted by molar-refractivity contribution is 6.01. The molecule has 6 heteroatoms. The SMILES string of the molecule is CC1(C)CC(=O)C2=C(C1)Nc1c(c(C(C)(C)C)nn1C(C)(C)C)C2c1ccc(OCc2ccccc2)c(OCc2ccccc2)c1. The van der Waals surface area contributed by atoms with Crippen LogP contribution in [0.3, 0.4) is 0 Å². The van der Waals surface area contributed by atoms with Crippen LogP contribution >= 0.6 is 0 Å². The monoisotopic (exact) mass is 617 g/mol. The van der Waals surface area contributed by atoms with Gasteiger partial charge >= 0.3 is 0 Å². The highest BCUT2D eigenvalue weighted by Gasteiger charge is 2.45. The highest BCUT2D eigenvalue weighted by Crippen LogP contribution is 2.53. The maximum absolute atomic E-state index is 14.1. The number of Topliss-reactive ketones (excluding diaryl/α,β-unsaturated/α-hetero) is 1. The number of ketones is 1. The summed E-state index contributed by atoms with van der Waals surface area (Å²) in [6.45, 7) is 18.3. The summed E-state index contributed by atoms with van der Waals surface area (Å²) in [6.07, 6.45) is 1.30. The topological polar surface area (TPSA) is 65.4 Å². The molecule has 1 atom stereocenters. The smallest absolute Gasteiger partial charge is 0.162 e. The van der Waals surface area contributed by atoms with E-state index in [9.17, 15) is 4.79 Å². The number of nitrogens with zero attached hydrogens (tertiary/aromatic N) is 2. The molecule has 2 heterocycles. The van der Waals surface area contributed by atoms with Crippen molar-refractivity contribution in [3.05, 3.63) is 118 Å². The molecule has 1 aromatic heterocycles. The largest absolute Gasteiger partial charge is 0.485 e. The van der Waals surface area contributed by atoms with Gasteiger partial charge in [-0.05, 0) is 61.4 Å². The number of aromatic nitrogens is 2. The highest BCUT2D eigenvalue weighted by atomic mass is 16.5. The van der Waals surface area contributed by atoms with Crippen molar-refractivity contribution in [1.82, 2.24) is 9.78 Å². The van der Waals surface area contributed by atoms with Crippen LogP contribution in [0.4, 0.5) is 5.82 Å². The molecule has 3 aromatic carbocycles. The molecule has 1 unspecified atom stereocenters. The number of anilines is 1. The first-order valence-electron chi connectivity index (χ1n) is 16.4. The molecule has 240 valence electrons. The summed E-state index contributed by atoms with van der Waals surface area (Å²) >= 11 is 0. The van der Waals surface area contributed by atoms with Crippen molar-refractivity contribution in [3.8, 4) is 11.5 Å². The molecule has 0 bridgehead atoms. The number of ether oxygens (including phenoxy) is 2. The number of hydrogen-bond acceptors (Lipinski definition) is 5. The number of carbonyl (C=O) groups excluding carboxylic acids is 1. The molecule has 6 nitrogen and oxygen atoms in total. The predicted octanol–water partition coefficient (Wildman–Crippen LogP) is 9.29. The lowest BCUT2D eigenvalue weighted by molar-refractivity contribution is -0.118. The van der Waals surface area contributed by atoms with Gasteiger partial charge in [-0.3, -0.25) is 4.79 Å². The fourth-order valence-corrected chi connectivity index (χ4v) is 6.67. The van der Waals surface area contributed by atoms with E-state index in [0.717, 1.165) is 51.5 Å². The van der Waals surface area contributed by atoms with Crippen LogP contribution in [-0.2, 0) is 29.0 Å². The lowest BCUT2D eigenvalue weighted by Crippen LogP contribution is -2.35. The van der Waals surface area contributed by atoms with Crippen LogP contribution in [0.2, 0.25) is 0 Å². The molecule has 2 aliphatic rings. The van der Waals surface area contributed by atoms with E-state index < -0.39 is 0 Å². The fourth-order valence-electron chi connectivity index (χ4n) is 6.67. The van der Waals surface area contributed by atoms with Crippen LogP contribution in [-0.4, -0.2) is 15.6 Å². The number of benzene rings is 3. The van der Waals surface area contributed by atoms with E-state index in [0.29, 0.717) is 31.1 Å². The third-order valence-corrected chi connectivity index (χ3v) is 8.81. The zero-order valence-electron chi connectivity index (χ0n) is 28.5. The maximum atomic E-state index is 14.1. The number of nitrogens with one attached hydrogen (secondary N) is 1. The molecule has 0 saturated carbocycles. The molecule has 1 N–H and O–H groups in total. The summed E-state index contributed by atoms with van der Waals surface area (Å²) in [5.41, 5.74) is 6.41. The van der Waals surface area contributed by atoms with Gasteiger partial charge in [-0.2, -0.15) is 5.10 Å². The predicted molar refractivity (Wildman–Crippen MR) is 184 cm³/mol. The standard InChI is InChI=1S/C40H47N3O3/c1-38(2,3)36-35-33(34-29(22-40(7,8)23-30(34)44)41-37(35)43(42-36)39(4,5)6)28-19-20-31(45-24-26-15-11-9-12-16-26)32(21-28)46-25-27-17-13-10-14-18-27/h9-21,33,41H,22-25H2,1-8H3. The second-order valence-electron chi connectivity index (χ2n) is 15.6. The Hall–Kier alpha value is -4.32. The van der Waals surface area contributed by atoms with Crippen LogP contribution < -0.4 is 14.8 Å². The number of fused-ring (bicyclic) bond motifs is 1. The zero-order valence-corrected chi connectivity index (χ0v) is 28.5. The van der Waals surface area contributed by atoms with E-state index in [2.05, 4.69) is 102 Å². The van der Waals surface area contributed by atoms with E-state index in [1.165, 1.54) is 0 Å². The molecule has 0 saturated heterocycles. The first kappa shape index (κ1) is 31.7. The minimum atomic E-state index is -0.289. The third kappa shape index (κ3) is 6.35. The minimum Gasteiger partial charge on any atom is -0.485 e. The normalized spacial score (nSPS) is 17.7. The van der Waals surface area contributed by atoms with Crippen molar-refractivity contribution in [2.45, 2.75) is 98.3 Å². The Morgan fingerprint density at radius 1 is 0.826 bits per heavy atom. The first-order chi connectivity index (χ1) is 21.7. The molecule has 0 radical (unpaired) electrons. The van der Waals surface area contributed by atoms with Gasteiger partial charge in [0, 0.05) is 34.6 Å². The molecule has 4 aromatic rings. The van der Waals surface area contributed by atoms with Gasteiger partial charge in [0.25, 0.3) is 0 Å². The lowest BCUT2D eigenvalue weighted by atomic mass is 9.68. The summed E-state index contributed by atoms with van der Waals surface area (Å²) in [5, 5.41) is 9.04. The van der Waals surface area contributed by atoms with E-state index in [-0.39, 0.29) is 28.1 Å². The van der Waals surface area contributed by atoms with Crippen LogP contribution in [0.15, 0.2) is 90.1 Å². The number of carbonyl (C=O) groups is 1. The number of allylic oxidation sites excluding steroid dienone is 2. The minimum absolute atomic E-state index is 0.135. The molecule has 46 heavy (non-hydrogen) atoms. The van der Waals surface area contributed by atoms with Gasteiger partial charge in [-0.1, -0.05) is 101 Å². The van der Waals surface area contributed by atoms with Gasteiger partial charge in [-0.15, -0.1) is 0 Å². The molecule has 0 spiro atoms. The molecule has 1 aliphatic heterocycles. The van der Waals surface area contributed by atoms with Gasteiger partial charge < -0.3 is 14.8 Å². The van der Waals surface area contributed by atoms with Crippen molar-refractivity contribution in [1.29, 1.82) is 0 Å². The van der Waals surface area contributed by atoms with Crippen molar-refractivity contribution < 1.29 is 14.3 Å². The Kier molecular flexibility index (Phi) is 8.12. The van der Waals surface area contributed by atoms with Gasteiger partial charge in [-0.25, -0.2) is 4.68 Å². The molecular formula is C40H47N3O3. The molecular weight excluding hydrogens is 570 g/mol. The fraction of sp³-hybridized carbons (Fsp3) is 0.400. The van der Waals surface area contributed by atoms with Gasteiger partial charge in [0.1, 0.15) is 19.0 Å². The first-order valence-corrected chi connectivity index (χ1v) is 16.4. The Bertz CT molecular complexity index is 1770. The third-order valence-electron chi connectivity index (χ3n) is 8.81. The zero-order chi connectivity index (χ0) is 32.9. The Morgan fingerprint density at radius 3 is 1.98 bits per heavy atom. The van der Waals surface area contributed by atoms with Crippen LogP contribution in [0.1, 0.15) is 102 Å². The van der Waals surface area contributed by atoms with E-state index in [1.807, 2.05) is 42.5 Å². The van der Waals surface area contributed by atoms with Gasteiger partial charge in [0.2, 0.25) is 0 Å². The number of rotatable bonds is 7. The van der Waals surface area contributed by atoms with Crippen molar-refractivity contribution in [2.24, 2.45) is 5.41 Å². The molecule has 1 aliphatic carbocycles. The average Bonchev–Trinajstić information content (AvgIpc) is 3.39. The summed E-state index contributed by atoms with van der Waals surface area (Å²) < 4.78 is 15.0. The summed E-state index contributed by atoms with van der Waals surface area (Å²) in [6, 6.07) is 26.5. The average molecular weight is 618 g/mol. The lowest BCUT2D eigenvalue weighted by Gasteiger charge is -2.40. The Labute approximate surface area is 273 Å². The van der Waals surface area contributed by atoms with Crippen molar-refractivity contribution in [2.75, 3.05) is 5.32 Å². The summed E-state index contributed by atoms with van der Waals surface area (Å²) in [7, 11) is 0. The maximum Gasteiger partial charge on any atom is 0.162 e. The van der Waals surface area contributed by atoms with Gasteiger partial charge in [0.05, 0.1) is 11.2 Å². The van der Waals surface area contributed by atoms with Crippen LogP contribution in [0.5, 0.6) is 11.5 Å². The molecule has 0 fully saturated rings. The van der Waals surface area contributed by atoms with Gasteiger partial charge in [0.15, 0.2) is 17.3 Å². The Morgan fingerprint density at radius 2 is 1.41 bits per heavy atom. The Balaban J connectivity index is 1.51. The quantitative estimate of drug-likeness (QED) is 0.224. The molecule has 6 rings (SSSR count). The van der Waals surface area contributed by atoms with Crippen molar-refractivity contribution in [3.63, 3.8) is 0 Å². The number of hydrogen-bond donors (Lipinski definition) is 1. The molecule has 0 amide bonds. The van der Waals surface area contributed by atoms with Crippen LogP contribution in [0.25, 0.3) is 0 Å². The summed E-state index contributed by atoms with van der Waals surface area (Å²) in [5.74, 6) is 2.20. The second-order valence-corrected chi connectivity index (χ2v) is 15.6. The van der Waals surface area contributed by atoms with E-state index in [1.54, 1.807) is 0 Å². The van der Waals surface area contributed by atoms with E-state index >= 15 is 0 Å². The van der Waals surface area contributed by atoms with Crippen molar-refractivity contribution >= 4 is 11.6 Å². The van der Waals surface area contributed by atoms with Crippen LogP contribution in [0, 0.1) is 5.41 Å². The second kappa shape index (κ2) is 11.8.